The monoisotopic (exact) mass is 331 g/mol. The van der Waals surface area contributed by atoms with Gasteiger partial charge >= 0.3 is 11.9 Å². The van der Waals surface area contributed by atoms with E-state index in [-0.39, 0.29) is 18.8 Å². The van der Waals surface area contributed by atoms with Gasteiger partial charge in [0.05, 0.1) is 24.3 Å². The van der Waals surface area contributed by atoms with Crippen LogP contribution in [0.25, 0.3) is 10.9 Å². The number of Topliss-reactive ketones (excluding diaryl/α,β-unsaturated/α-hetero) is 1. The van der Waals surface area contributed by atoms with Crippen LogP contribution in [0.2, 0.25) is 0 Å². The van der Waals surface area contributed by atoms with Crippen LogP contribution in [0.3, 0.4) is 0 Å². The van der Waals surface area contributed by atoms with Crippen LogP contribution in [0.5, 0.6) is 0 Å². The smallest absolute Gasteiger partial charge is 0.379 e. The number of hydrogen-bond donors (Lipinski definition) is 0. The molecule has 24 heavy (non-hydrogen) atoms. The van der Waals surface area contributed by atoms with E-state index in [2.05, 4.69) is 0 Å². The highest BCUT2D eigenvalue weighted by atomic mass is 16.5. The first-order valence-electron chi connectivity index (χ1n) is 8.04. The van der Waals surface area contributed by atoms with E-state index in [1.165, 1.54) is 0 Å². The van der Waals surface area contributed by atoms with Gasteiger partial charge in [0.25, 0.3) is 5.78 Å². The van der Waals surface area contributed by atoms with Gasteiger partial charge < -0.3 is 14.0 Å². The third-order valence-electron chi connectivity index (χ3n) is 3.60. The molecule has 0 N–H and O–H groups in total. The summed E-state index contributed by atoms with van der Waals surface area (Å²) in [5.41, 5.74) is 1.35. The summed E-state index contributed by atoms with van der Waals surface area (Å²) in [5, 5.41) is 0.542. The summed E-state index contributed by atoms with van der Waals surface area (Å²) in [6, 6.07) is 4.98. The highest BCUT2D eigenvalue weighted by molar-refractivity contribution is 6.43. The highest BCUT2D eigenvalue weighted by Gasteiger charge is 2.23. The fraction of sp³-hybridized carbons (Fsp3) is 0.389. The molecular formula is C18H21NO5. The van der Waals surface area contributed by atoms with E-state index in [0.717, 1.165) is 5.52 Å². The Kier molecular flexibility index (Phi) is 5.73. The SMILES string of the molecule is CCCOC(=O)C(=O)c1cn(CC)c2ccc(C(=O)OCC)cc12. The second-order valence-electron chi connectivity index (χ2n) is 5.25. The number of benzene rings is 1. The summed E-state index contributed by atoms with van der Waals surface area (Å²) in [6.07, 6.45) is 2.26. The molecule has 0 aliphatic carbocycles. The number of ketones is 1. The van der Waals surface area contributed by atoms with Crippen LogP contribution in [-0.4, -0.2) is 35.5 Å². The molecule has 0 fully saturated rings. The lowest BCUT2D eigenvalue weighted by Gasteiger charge is -2.04. The molecule has 0 spiro atoms. The molecule has 0 bridgehead atoms. The fourth-order valence-electron chi connectivity index (χ4n) is 2.45. The molecule has 2 rings (SSSR count). The van der Waals surface area contributed by atoms with Gasteiger partial charge in [-0.2, -0.15) is 0 Å². The first-order chi connectivity index (χ1) is 11.5. The van der Waals surface area contributed by atoms with Gasteiger partial charge in [0, 0.05) is 23.6 Å². The summed E-state index contributed by atoms with van der Waals surface area (Å²) < 4.78 is 11.8. The minimum absolute atomic E-state index is 0.199. The molecule has 0 aliphatic rings. The second kappa shape index (κ2) is 7.77. The van der Waals surface area contributed by atoms with Crippen molar-refractivity contribution in [1.82, 2.24) is 4.57 Å². The lowest BCUT2D eigenvalue weighted by Crippen LogP contribution is -2.18. The molecule has 0 radical (unpaired) electrons. The Hall–Kier alpha value is -2.63. The zero-order valence-corrected chi connectivity index (χ0v) is 14.1. The number of carbonyl (C=O) groups excluding carboxylic acids is 3. The van der Waals surface area contributed by atoms with Gasteiger partial charge in [-0.15, -0.1) is 0 Å². The second-order valence-corrected chi connectivity index (χ2v) is 5.25. The van der Waals surface area contributed by atoms with Gasteiger partial charge in [-0.3, -0.25) is 4.79 Å². The Labute approximate surface area is 140 Å². The zero-order valence-electron chi connectivity index (χ0n) is 14.1. The third-order valence-corrected chi connectivity index (χ3v) is 3.60. The molecule has 6 heteroatoms. The number of nitrogens with zero attached hydrogens (tertiary/aromatic N) is 1. The van der Waals surface area contributed by atoms with E-state index in [9.17, 15) is 14.4 Å². The normalized spacial score (nSPS) is 10.6. The van der Waals surface area contributed by atoms with E-state index in [1.807, 2.05) is 18.4 Å². The molecule has 0 saturated heterocycles. The van der Waals surface area contributed by atoms with E-state index >= 15 is 0 Å². The third kappa shape index (κ3) is 3.48. The number of rotatable bonds is 7. The number of carbonyl (C=O) groups is 3. The molecule has 1 heterocycles. The number of hydrogen-bond acceptors (Lipinski definition) is 5. The fourth-order valence-corrected chi connectivity index (χ4v) is 2.45. The number of ether oxygens (including phenoxy) is 2. The molecule has 1 aromatic heterocycles. The molecule has 2 aromatic rings. The van der Waals surface area contributed by atoms with Crippen LogP contribution in [0.15, 0.2) is 24.4 Å². The van der Waals surface area contributed by atoms with Gasteiger partial charge in [0.15, 0.2) is 0 Å². The quantitative estimate of drug-likeness (QED) is 0.443. The maximum atomic E-state index is 12.4. The van der Waals surface area contributed by atoms with E-state index in [4.69, 9.17) is 9.47 Å². The highest BCUT2D eigenvalue weighted by Crippen LogP contribution is 2.24. The largest absolute Gasteiger partial charge is 0.462 e. The van der Waals surface area contributed by atoms with E-state index < -0.39 is 17.7 Å². The summed E-state index contributed by atoms with van der Waals surface area (Å²) in [4.78, 5) is 36.2. The standard InChI is InChI=1S/C18H21NO5/c1-4-9-24-18(22)16(20)14-11-19(5-2)15-8-7-12(10-13(14)15)17(21)23-6-3/h7-8,10-11H,4-6,9H2,1-3H3. The Morgan fingerprint density at radius 3 is 2.46 bits per heavy atom. The predicted octanol–water partition coefficient (Wildman–Crippen LogP) is 2.97. The van der Waals surface area contributed by atoms with Gasteiger partial charge in [0.1, 0.15) is 0 Å². The van der Waals surface area contributed by atoms with Crippen molar-refractivity contribution >= 4 is 28.6 Å². The predicted molar refractivity (Wildman–Crippen MR) is 89.1 cm³/mol. The van der Waals surface area contributed by atoms with Gasteiger partial charge in [-0.25, -0.2) is 9.59 Å². The first-order valence-corrected chi connectivity index (χ1v) is 8.04. The van der Waals surface area contributed by atoms with Crippen molar-refractivity contribution in [2.24, 2.45) is 0 Å². The van der Waals surface area contributed by atoms with Gasteiger partial charge in [-0.1, -0.05) is 6.92 Å². The van der Waals surface area contributed by atoms with Crippen LogP contribution in [0.1, 0.15) is 47.9 Å². The molecule has 0 atom stereocenters. The molecule has 6 nitrogen and oxygen atoms in total. The van der Waals surface area contributed by atoms with Crippen molar-refractivity contribution in [3.63, 3.8) is 0 Å². The summed E-state index contributed by atoms with van der Waals surface area (Å²) in [6.45, 7) is 6.61. The minimum atomic E-state index is -0.881. The summed E-state index contributed by atoms with van der Waals surface area (Å²) >= 11 is 0. The number of fused-ring (bicyclic) bond motifs is 1. The maximum Gasteiger partial charge on any atom is 0.379 e. The van der Waals surface area contributed by atoms with Gasteiger partial charge in [0.2, 0.25) is 0 Å². The Morgan fingerprint density at radius 2 is 1.83 bits per heavy atom. The molecule has 0 aliphatic heterocycles. The number of aromatic nitrogens is 1. The molecular weight excluding hydrogens is 310 g/mol. The van der Waals surface area contributed by atoms with Crippen molar-refractivity contribution in [2.75, 3.05) is 13.2 Å². The Balaban J connectivity index is 2.48. The lowest BCUT2D eigenvalue weighted by atomic mass is 10.1. The summed E-state index contributed by atoms with van der Waals surface area (Å²) in [7, 11) is 0. The van der Waals surface area contributed by atoms with Crippen LogP contribution < -0.4 is 0 Å². The Morgan fingerprint density at radius 1 is 1.08 bits per heavy atom. The minimum Gasteiger partial charge on any atom is -0.462 e. The van der Waals surface area contributed by atoms with Crippen LogP contribution >= 0.6 is 0 Å². The Bertz CT molecular complexity index is 775. The molecule has 0 saturated carbocycles. The van der Waals surface area contributed by atoms with Crippen LogP contribution in [-0.2, 0) is 20.8 Å². The zero-order chi connectivity index (χ0) is 17.7. The van der Waals surface area contributed by atoms with E-state index in [0.29, 0.717) is 23.9 Å². The average Bonchev–Trinajstić information content (AvgIpc) is 2.97. The van der Waals surface area contributed by atoms with Crippen molar-refractivity contribution in [3.8, 4) is 0 Å². The van der Waals surface area contributed by atoms with Crippen LogP contribution in [0.4, 0.5) is 0 Å². The van der Waals surface area contributed by atoms with Crippen molar-refractivity contribution in [3.05, 3.63) is 35.5 Å². The van der Waals surface area contributed by atoms with Crippen LogP contribution in [0, 0.1) is 0 Å². The molecule has 128 valence electrons. The molecule has 1 aromatic carbocycles. The molecule has 0 amide bonds. The van der Waals surface area contributed by atoms with E-state index in [1.54, 1.807) is 31.3 Å². The van der Waals surface area contributed by atoms with Crippen molar-refractivity contribution < 1.29 is 23.9 Å². The van der Waals surface area contributed by atoms with Gasteiger partial charge in [-0.05, 0) is 38.5 Å². The lowest BCUT2D eigenvalue weighted by molar-refractivity contribution is -0.138. The first kappa shape index (κ1) is 17.7. The summed E-state index contributed by atoms with van der Waals surface area (Å²) in [5.74, 6) is -2.05. The average molecular weight is 331 g/mol. The van der Waals surface area contributed by atoms with Crippen molar-refractivity contribution in [2.45, 2.75) is 33.7 Å². The maximum absolute atomic E-state index is 12.4. The topological polar surface area (TPSA) is 74.6 Å². The van der Waals surface area contributed by atoms with Crippen molar-refractivity contribution in [1.29, 1.82) is 0 Å². The number of aryl methyl sites for hydroxylation is 1. The number of esters is 2. The molecule has 0 unspecified atom stereocenters.